The van der Waals surface area contributed by atoms with Crippen molar-refractivity contribution in [2.24, 2.45) is 4.99 Å². The highest BCUT2D eigenvalue weighted by molar-refractivity contribution is 8.18. The number of fused-ring (bicyclic) bond motifs is 1. The Morgan fingerprint density at radius 2 is 1.72 bits per heavy atom. The van der Waals surface area contributed by atoms with Crippen LogP contribution in [0.15, 0.2) is 101 Å². The van der Waals surface area contributed by atoms with E-state index < -0.39 is 0 Å². The van der Waals surface area contributed by atoms with Crippen LogP contribution < -0.4 is 9.47 Å². The Labute approximate surface area is 232 Å². The zero-order valence-electron chi connectivity index (χ0n) is 22.0. The molecule has 0 N–H and O–H groups in total. The Morgan fingerprint density at radius 3 is 2.54 bits per heavy atom. The molecule has 0 aliphatic carbocycles. The Kier molecular flexibility index (Phi) is 8.61. The van der Waals surface area contributed by atoms with Crippen molar-refractivity contribution in [2.45, 2.75) is 13.5 Å². The Balaban J connectivity index is 1.36. The first-order valence-corrected chi connectivity index (χ1v) is 13.7. The van der Waals surface area contributed by atoms with Gasteiger partial charge in [0.15, 0.2) is 16.7 Å². The number of amidine groups is 1. The molecular formula is C32H30N2O4S. The number of aliphatic imine (C=N–C) groups is 1. The van der Waals surface area contributed by atoms with Crippen LogP contribution in [0.4, 0.5) is 5.69 Å². The number of hydrogen-bond donors (Lipinski definition) is 0. The number of amides is 1. The lowest BCUT2D eigenvalue weighted by Crippen LogP contribution is -2.32. The van der Waals surface area contributed by atoms with Gasteiger partial charge in [0.25, 0.3) is 5.91 Å². The fraction of sp³-hybridized carbons (Fsp3) is 0.188. The minimum atomic E-state index is -0.0929. The predicted molar refractivity (Wildman–Crippen MR) is 159 cm³/mol. The van der Waals surface area contributed by atoms with Crippen LogP contribution in [0.3, 0.4) is 0 Å². The highest BCUT2D eigenvalue weighted by atomic mass is 32.2. The van der Waals surface area contributed by atoms with E-state index in [9.17, 15) is 4.79 Å². The third-order valence-corrected chi connectivity index (χ3v) is 7.29. The van der Waals surface area contributed by atoms with Crippen LogP contribution >= 0.6 is 11.8 Å². The summed E-state index contributed by atoms with van der Waals surface area (Å²) < 4.78 is 17.3. The third-order valence-electron chi connectivity index (χ3n) is 6.28. The maximum Gasteiger partial charge on any atom is 0.266 e. The van der Waals surface area contributed by atoms with Crippen molar-refractivity contribution in [3.63, 3.8) is 0 Å². The fourth-order valence-corrected chi connectivity index (χ4v) is 5.34. The normalized spacial score (nSPS) is 15.4. The van der Waals surface area contributed by atoms with Gasteiger partial charge in [0.05, 0.1) is 30.9 Å². The zero-order chi connectivity index (χ0) is 27.0. The molecule has 39 heavy (non-hydrogen) atoms. The minimum absolute atomic E-state index is 0.0929. The number of carbonyl (C=O) groups excluding carboxylic acids is 1. The lowest BCUT2D eigenvalue weighted by molar-refractivity contribution is -0.122. The summed E-state index contributed by atoms with van der Waals surface area (Å²) in [5, 5.41) is 2.98. The number of nitrogens with zero attached hydrogens (tertiary/aromatic N) is 2. The quantitative estimate of drug-likeness (QED) is 0.160. The lowest BCUT2D eigenvalue weighted by Gasteiger charge is -2.15. The molecule has 4 aromatic rings. The molecule has 0 aromatic heterocycles. The Hall–Kier alpha value is -4.07. The summed E-state index contributed by atoms with van der Waals surface area (Å²) in [7, 11) is 1.62. The van der Waals surface area contributed by atoms with Gasteiger partial charge in [0.1, 0.15) is 6.61 Å². The van der Waals surface area contributed by atoms with Gasteiger partial charge in [-0.3, -0.25) is 9.69 Å². The van der Waals surface area contributed by atoms with Crippen LogP contribution in [0, 0.1) is 0 Å². The van der Waals surface area contributed by atoms with Gasteiger partial charge in [-0.2, -0.15) is 0 Å². The molecule has 1 amide bonds. The SMILES string of the molecule is CCOCCN1C(=O)/C(=C/c2ccc(OCc3cccc4ccccc34)c(OC)c2)SC1=Nc1ccccc1. The van der Waals surface area contributed by atoms with Crippen molar-refractivity contribution in [3.8, 4) is 11.5 Å². The molecule has 0 bridgehead atoms. The molecule has 5 rings (SSSR count). The maximum atomic E-state index is 13.3. The first-order valence-electron chi connectivity index (χ1n) is 12.9. The van der Waals surface area contributed by atoms with Gasteiger partial charge in [0, 0.05) is 6.61 Å². The van der Waals surface area contributed by atoms with Gasteiger partial charge >= 0.3 is 0 Å². The van der Waals surface area contributed by atoms with Crippen LogP contribution in [0.5, 0.6) is 11.5 Å². The van der Waals surface area contributed by atoms with Crippen molar-refractivity contribution < 1.29 is 19.0 Å². The van der Waals surface area contributed by atoms with Crippen molar-refractivity contribution >= 4 is 45.4 Å². The van der Waals surface area contributed by atoms with E-state index in [1.807, 2.05) is 79.7 Å². The number of methoxy groups -OCH3 is 1. The van der Waals surface area contributed by atoms with Crippen LogP contribution in [-0.4, -0.2) is 42.8 Å². The second-order valence-corrected chi connectivity index (χ2v) is 9.84. The van der Waals surface area contributed by atoms with Crippen LogP contribution in [0.2, 0.25) is 0 Å². The second-order valence-electron chi connectivity index (χ2n) is 8.83. The van der Waals surface area contributed by atoms with Crippen molar-refractivity contribution in [1.82, 2.24) is 4.90 Å². The molecule has 1 heterocycles. The van der Waals surface area contributed by atoms with Crippen LogP contribution in [-0.2, 0) is 16.1 Å². The van der Waals surface area contributed by atoms with Gasteiger partial charge < -0.3 is 14.2 Å². The number of benzene rings is 4. The number of rotatable bonds is 10. The van der Waals surface area contributed by atoms with Gasteiger partial charge in [-0.05, 0) is 70.9 Å². The molecule has 4 aromatic carbocycles. The van der Waals surface area contributed by atoms with E-state index in [1.165, 1.54) is 22.5 Å². The summed E-state index contributed by atoms with van der Waals surface area (Å²) in [4.78, 5) is 20.3. The van der Waals surface area contributed by atoms with E-state index in [0.717, 1.165) is 16.8 Å². The lowest BCUT2D eigenvalue weighted by atomic mass is 10.1. The van der Waals surface area contributed by atoms with Gasteiger partial charge in [0.2, 0.25) is 0 Å². The third kappa shape index (κ3) is 6.33. The maximum absolute atomic E-state index is 13.3. The number of thioether (sulfide) groups is 1. The largest absolute Gasteiger partial charge is 0.493 e. The number of ether oxygens (including phenoxy) is 3. The number of carbonyl (C=O) groups is 1. The molecule has 6 nitrogen and oxygen atoms in total. The zero-order valence-corrected chi connectivity index (χ0v) is 22.8. The van der Waals surface area contributed by atoms with Gasteiger partial charge in [-0.15, -0.1) is 0 Å². The van der Waals surface area contributed by atoms with Gasteiger partial charge in [-0.25, -0.2) is 4.99 Å². The van der Waals surface area contributed by atoms with Crippen molar-refractivity contribution in [2.75, 3.05) is 26.9 Å². The number of para-hydroxylation sites is 1. The topological polar surface area (TPSA) is 60.4 Å². The molecule has 0 radical (unpaired) electrons. The average molecular weight is 539 g/mol. The summed E-state index contributed by atoms with van der Waals surface area (Å²) in [6, 6.07) is 29.8. The molecule has 0 atom stereocenters. The molecular weight excluding hydrogens is 508 g/mol. The first kappa shape index (κ1) is 26.5. The van der Waals surface area contributed by atoms with E-state index in [4.69, 9.17) is 19.2 Å². The van der Waals surface area contributed by atoms with Crippen molar-refractivity contribution in [3.05, 3.63) is 107 Å². The monoisotopic (exact) mass is 538 g/mol. The molecule has 7 heteroatoms. The molecule has 0 spiro atoms. The molecule has 0 unspecified atom stereocenters. The van der Waals surface area contributed by atoms with Crippen LogP contribution in [0.1, 0.15) is 18.1 Å². The van der Waals surface area contributed by atoms with E-state index in [2.05, 4.69) is 24.3 Å². The Bertz CT molecular complexity index is 1510. The summed E-state index contributed by atoms with van der Waals surface area (Å²) >= 11 is 1.36. The minimum Gasteiger partial charge on any atom is -0.493 e. The summed E-state index contributed by atoms with van der Waals surface area (Å²) in [5.41, 5.74) is 2.74. The average Bonchev–Trinajstić information content (AvgIpc) is 3.26. The standard InChI is InChI=1S/C32H30N2O4S/c1-3-37-19-18-34-31(35)30(39-32(34)33-26-13-5-4-6-14-26)21-23-16-17-28(29(20-23)36-2)38-22-25-12-9-11-24-10-7-8-15-27(24)25/h4-17,20-21H,3,18-19,22H2,1-2H3/b30-21-,33-32?. The highest BCUT2D eigenvalue weighted by Gasteiger charge is 2.33. The predicted octanol–water partition coefficient (Wildman–Crippen LogP) is 7.07. The molecule has 1 saturated heterocycles. The van der Waals surface area contributed by atoms with Crippen LogP contribution in [0.25, 0.3) is 16.8 Å². The first-order chi connectivity index (χ1) is 19.2. The van der Waals surface area contributed by atoms with E-state index in [0.29, 0.717) is 47.9 Å². The molecule has 1 aliphatic heterocycles. The highest BCUT2D eigenvalue weighted by Crippen LogP contribution is 2.36. The molecule has 0 saturated carbocycles. The smallest absolute Gasteiger partial charge is 0.266 e. The van der Waals surface area contributed by atoms with E-state index >= 15 is 0 Å². The molecule has 1 fully saturated rings. The van der Waals surface area contributed by atoms with E-state index in [-0.39, 0.29) is 5.91 Å². The summed E-state index contributed by atoms with van der Waals surface area (Å²) in [6.45, 7) is 3.83. The van der Waals surface area contributed by atoms with Crippen molar-refractivity contribution in [1.29, 1.82) is 0 Å². The summed E-state index contributed by atoms with van der Waals surface area (Å²) in [5.74, 6) is 1.15. The van der Waals surface area contributed by atoms with E-state index in [1.54, 1.807) is 12.0 Å². The Morgan fingerprint density at radius 1 is 0.923 bits per heavy atom. The van der Waals surface area contributed by atoms with Gasteiger partial charge in [-0.1, -0.05) is 66.7 Å². The fourth-order valence-electron chi connectivity index (χ4n) is 4.32. The molecule has 1 aliphatic rings. The number of hydrogen-bond acceptors (Lipinski definition) is 6. The molecule has 198 valence electrons. The summed E-state index contributed by atoms with van der Waals surface area (Å²) in [6.07, 6.45) is 1.87. The second kappa shape index (κ2) is 12.7.